The summed E-state index contributed by atoms with van der Waals surface area (Å²) in [6, 6.07) is 7.91. The van der Waals surface area contributed by atoms with Crippen molar-refractivity contribution in [3.8, 4) is 0 Å². The molecule has 0 unspecified atom stereocenters. The van der Waals surface area contributed by atoms with E-state index >= 15 is 0 Å². The predicted molar refractivity (Wildman–Crippen MR) is 130 cm³/mol. The van der Waals surface area contributed by atoms with Crippen molar-refractivity contribution in [1.82, 2.24) is 9.97 Å². The van der Waals surface area contributed by atoms with E-state index in [-0.39, 0.29) is 5.60 Å². The molecule has 5 rings (SSSR count). The van der Waals surface area contributed by atoms with E-state index in [9.17, 15) is 8.42 Å². The highest BCUT2D eigenvalue weighted by atomic mass is 32.2. The first-order chi connectivity index (χ1) is 15.6. The number of hydrogen-bond acceptors (Lipinski definition) is 7. The molecule has 1 aliphatic carbocycles. The van der Waals surface area contributed by atoms with Gasteiger partial charge in [0, 0.05) is 37.6 Å². The fraction of sp³-hybridized carbons (Fsp3) is 0.600. The second-order valence-electron chi connectivity index (χ2n) is 10.8. The van der Waals surface area contributed by atoms with Gasteiger partial charge in [0.25, 0.3) is 0 Å². The van der Waals surface area contributed by atoms with Crippen LogP contribution in [0.4, 0.5) is 17.3 Å². The van der Waals surface area contributed by atoms with Crippen LogP contribution >= 0.6 is 0 Å². The molecule has 1 saturated heterocycles. The molecule has 0 atom stereocenters. The number of sulfone groups is 1. The number of rotatable bonds is 4. The maximum absolute atomic E-state index is 11.9. The van der Waals surface area contributed by atoms with Crippen molar-refractivity contribution in [2.75, 3.05) is 36.3 Å². The van der Waals surface area contributed by atoms with E-state index in [1.54, 1.807) is 18.5 Å². The number of nitrogens with zero attached hydrogens (tertiary/aromatic N) is 4. The molecule has 2 fully saturated rings. The van der Waals surface area contributed by atoms with Crippen LogP contribution in [0, 0.1) is 5.41 Å². The van der Waals surface area contributed by atoms with Gasteiger partial charge in [0.1, 0.15) is 18.0 Å². The molecule has 1 saturated carbocycles. The summed E-state index contributed by atoms with van der Waals surface area (Å²) in [6.45, 7) is 6.09. The second-order valence-corrected chi connectivity index (χ2v) is 12.8. The van der Waals surface area contributed by atoms with E-state index in [4.69, 9.17) is 4.74 Å². The third-order valence-electron chi connectivity index (χ3n) is 7.78. The summed E-state index contributed by atoms with van der Waals surface area (Å²) in [4.78, 5) is 14.0. The lowest BCUT2D eigenvalue weighted by Crippen LogP contribution is -2.40. The normalized spacial score (nSPS) is 26.5. The quantitative estimate of drug-likeness (QED) is 0.665. The van der Waals surface area contributed by atoms with Gasteiger partial charge in [0.05, 0.1) is 17.1 Å². The zero-order valence-electron chi connectivity index (χ0n) is 20.0. The van der Waals surface area contributed by atoms with Crippen LogP contribution in [0.1, 0.15) is 51.5 Å². The molecule has 8 heteroatoms. The molecule has 1 aromatic carbocycles. The first kappa shape index (κ1) is 22.6. The molecule has 0 N–H and O–H groups in total. The minimum absolute atomic E-state index is 0.00833. The fourth-order valence-electron chi connectivity index (χ4n) is 5.99. The lowest BCUT2D eigenvalue weighted by molar-refractivity contribution is 0.0281. The van der Waals surface area contributed by atoms with Crippen molar-refractivity contribution in [1.29, 1.82) is 0 Å². The monoisotopic (exact) mass is 470 g/mol. The van der Waals surface area contributed by atoms with Gasteiger partial charge < -0.3 is 14.5 Å². The average Bonchev–Trinajstić information content (AvgIpc) is 3.33. The second kappa shape index (κ2) is 7.94. The Hall–Kier alpha value is -2.19. The van der Waals surface area contributed by atoms with Crippen LogP contribution in [0.3, 0.4) is 0 Å². The van der Waals surface area contributed by atoms with Gasteiger partial charge in [-0.15, -0.1) is 0 Å². The van der Waals surface area contributed by atoms with Crippen molar-refractivity contribution in [2.24, 2.45) is 5.41 Å². The largest absolute Gasteiger partial charge is 0.375 e. The Morgan fingerprint density at radius 1 is 1.15 bits per heavy atom. The molecule has 7 nitrogen and oxygen atoms in total. The van der Waals surface area contributed by atoms with E-state index < -0.39 is 9.84 Å². The standard InChI is InChI=1S/C25H34N4O3S/c1-24(2)15-25(16-32-24)10-7-19(8-11-25)28(3)22-14-23(27-17-26-22)29-12-9-18-13-20(33(4,30)31)5-6-21(18)29/h5-6,13-14,17,19H,7-12,15-16H2,1-4H3. The van der Waals surface area contributed by atoms with Gasteiger partial charge in [0.2, 0.25) is 0 Å². The summed E-state index contributed by atoms with van der Waals surface area (Å²) in [5.74, 6) is 1.79. The van der Waals surface area contributed by atoms with Crippen molar-refractivity contribution in [2.45, 2.75) is 68.9 Å². The molecule has 33 heavy (non-hydrogen) atoms. The minimum atomic E-state index is -3.21. The molecular weight excluding hydrogens is 436 g/mol. The van der Waals surface area contributed by atoms with E-state index in [0.717, 1.165) is 61.7 Å². The highest BCUT2D eigenvalue weighted by Gasteiger charge is 2.46. The Balaban J connectivity index is 1.31. The summed E-state index contributed by atoms with van der Waals surface area (Å²) in [7, 11) is -1.07. The van der Waals surface area contributed by atoms with Crippen LogP contribution in [-0.4, -0.2) is 56.5 Å². The minimum Gasteiger partial charge on any atom is -0.375 e. The van der Waals surface area contributed by atoms with Gasteiger partial charge in [0.15, 0.2) is 9.84 Å². The van der Waals surface area contributed by atoms with Gasteiger partial charge in [-0.25, -0.2) is 18.4 Å². The van der Waals surface area contributed by atoms with Crippen molar-refractivity contribution >= 4 is 27.2 Å². The summed E-state index contributed by atoms with van der Waals surface area (Å²) in [6.07, 6.45) is 9.55. The van der Waals surface area contributed by atoms with Gasteiger partial charge in [-0.2, -0.15) is 0 Å². The summed E-state index contributed by atoms with van der Waals surface area (Å²) in [5, 5.41) is 0. The van der Waals surface area contributed by atoms with Gasteiger partial charge in [-0.3, -0.25) is 0 Å². The zero-order valence-corrected chi connectivity index (χ0v) is 20.9. The fourth-order valence-corrected chi connectivity index (χ4v) is 6.66. The first-order valence-corrected chi connectivity index (χ1v) is 13.7. The third-order valence-corrected chi connectivity index (χ3v) is 8.89. The Bertz CT molecular complexity index is 1160. The number of hydrogen-bond donors (Lipinski definition) is 0. The number of fused-ring (bicyclic) bond motifs is 1. The lowest BCUT2D eigenvalue weighted by atomic mass is 9.69. The third kappa shape index (κ3) is 4.35. The maximum Gasteiger partial charge on any atom is 0.175 e. The number of ether oxygens (including phenoxy) is 1. The van der Waals surface area contributed by atoms with E-state index in [1.807, 2.05) is 6.07 Å². The molecule has 3 aliphatic rings. The van der Waals surface area contributed by atoms with E-state index in [0.29, 0.717) is 16.4 Å². The SMILES string of the molecule is CN(c1cc(N2CCc3cc(S(C)(=O)=O)ccc32)ncn1)C1CCC2(CC1)COC(C)(C)C2. The Morgan fingerprint density at radius 3 is 2.58 bits per heavy atom. The molecular formula is C25H34N4O3S. The number of aromatic nitrogens is 2. The number of benzene rings is 1. The van der Waals surface area contributed by atoms with Crippen molar-refractivity contribution < 1.29 is 13.2 Å². The highest BCUT2D eigenvalue weighted by Crippen LogP contribution is 2.49. The summed E-state index contributed by atoms with van der Waals surface area (Å²) < 4.78 is 29.9. The Morgan fingerprint density at radius 2 is 1.91 bits per heavy atom. The van der Waals surface area contributed by atoms with Gasteiger partial charge in [-0.1, -0.05) is 0 Å². The molecule has 3 heterocycles. The average molecular weight is 471 g/mol. The van der Waals surface area contributed by atoms with Gasteiger partial charge in [-0.05, 0) is 81.5 Å². The van der Waals surface area contributed by atoms with Crippen molar-refractivity contribution in [3.63, 3.8) is 0 Å². The molecule has 0 bridgehead atoms. The zero-order chi connectivity index (χ0) is 23.4. The molecule has 2 aromatic rings. The molecule has 0 radical (unpaired) electrons. The molecule has 2 aliphatic heterocycles. The van der Waals surface area contributed by atoms with E-state index in [1.165, 1.54) is 19.1 Å². The van der Waals surface area contributed by atoms with Crippen LogP contribution in [0.25, 0.3) is 0 Å². The van der Waals surface area contributed by atoms with Crippen LogP contribution < -0.4 is 9.80 Å². The topological polar surface area (TPSA) is 75.6 Å². The van der Waals surface area contributed by atoms with E-state index in [2.05, 4.69) is 46.7 Å². The Labute approximate surface area is 197 Å². The maximum atomic E-state index is 11.9. The molecule has 1 spiro atoms. The summed E-state index contributed by atoms with van der Waals surface area (Å²) >= 11 is 0. The molecule has 0 amide bonds. The van der Waals surface area contributed by atoms with Crippen LogP contribution in [0.2, 0.25) is 0 Å². The smallest absolute Gasteiger partial charge is 0.175 e. The highest BCUT2D eigenvalue weighted by molar-refractivity contribution is 7.90. The van der Waals surface area contributed by atoms with Gasteiger partial charge >= 0.3 is 0 Å². The molecule has 1 aromatic heterocycles. The van der Waals surface area contributed by atoms with Crippen LogP contribution in [-0.2, 0) is 21.0 Å². The van der Waals surface area contributed by atoms with Crippen molar-refractivity contribution in [3.05, 3.63) is 36.2 Å². The number of anilines is 3. The summed E-state index contributed by atoms with van der Waals surface area (Å²) in [5.41, 5.74) is 2.43. The lowest BCUT2D eigenvalue weighted by Gasteiger charge is -2.40. The molecule has 178 valence electrons. The van der Waals surface area contributed by atoms with Crippen LogP contribution in [0.5, 0.6) is 0 Å². The predicted octanol–water partition coefficient (Wildman–Crippen LogP) is 4.14. The Kier molecular flexibility index (Phi) is 5.44. The first-order valence-electron chi connectivity index (χ1n) is 11.8. The van der Waals surface area contributed by atoms with Crippen LogP contribution in [0.15, 0.2) is 35.5 Å².